The molecule has 0 fully saturated rings. The summed E-state index contributed by atoms with van der Waals surface area (Å²) >= 11 is 0. The van der Waals surface area contributed by atoms with Crippen LogP contribution in [-0.4, -0.2) is 32.5 Å². The largest absolute Gasteiger partial charge is 0.508 e. The number of aromatic hydroxyl groups is 1. The number of benzene rings is 2. The van der Waals surface area contributed by atoms with Crippen LogP contribution in [0.2, 0.25) is 0 Å². The Balaban J connectivity index is 1.76. The summed E-state index contributed by atoms with van der Waals surface area (Å²) < 4.78 is 26.2. The van der Waals surface area contributed by atoms with Crippen molar-refractivity contribution in [1.82, 2.24) is 10.0 Å². The highest BCUT2D eigenvalue weighted by Crippen LogP contribution is 2.09. The highest BCUT2D eigenvalue weighted by atomic mass is 32.2. The summed E-state index contributed by atoms with van der Waals surface area (Å²) in [6.07, 6.45) is 0. The predicted molar refractivity (Wildman–Crippen MR) is 87.5 cm³/mol. The first-order valence-corrected chi connectivity index (χ1v) is 8.70. The van der Waals surface area contributed by atoms with Crippen molar-refractivity contribution >= 4 is 15.9 Å². The Hall–Kier alpha value is -2.38. The first-order chi connectivity index (χ1) is 11.0. The second-order valence-corrected chi connectivity index (χ2v) is 6.75. The normalized spacial score (nSPS) is 11.1. The molecule has 0 aliphatic heterocycles. The number of phenolic OH excluding ortho intramolecular Hbond substituents is 1. The van der Waals surface area contributed by atoms with Gasteiger partial charge in [0.25, 0.3) is 5.91 Å². The highest BCUT2D eigenvalue weighted by Gasteiger charge is 2.11. The van der Waals surface area contributed by atoms with Crippen LogP contribution in [0.3, 0.4) is 0 Å². The molecule has 0 saturated carbocycles. The summed E-state index contributed by atoms with van der Waals surface area (Å²) in [4.78, 5) is 11.8. The van der Waals surface area contributed by atoms with Gasteiger partial charge in [0.05, 0.1) is 5.75 Å². The molecular weight excluding hydrogens is 316 g/mol. The van der Waals surface area contributed by atoms with Crippen LogP contribution in [0.15, 0.2) is 54.6 Å². The molecule has 0 radical (unpaired) electrons. The zero-order chi connectivity index (χ0) is 16.7. The van der Waals surface area contributed by atoms with Gasteiger partial charge >= 0.3 is 0 Å². The minimum atomic E-state index is -3.44. The van der Waals surface area contributed by atoms with Gasteiger partial charge in [-0.25, -0.2) is 13.1 Å². The van der Waals surface area contributed by atoms with Gasteiger partial charge in [-0.05, 0) is 29.8 Å². The van der Waals surface area contributed by atoms with Crippen molar-refractivity contribution in [3.8, 4) is 5.75 Å². The molecule has 7 heteroatoms. The Bertz CT molecular complexity index is 743. The summed E-state index contributed by atoms with van der Waals surface area (Å²) in [5, 5.41) is 11.8. The van der Waals surface area contributed by atoms with Crippen molar-refractivity contribution in [2.24, 2.45) is 0 Å². The van der Waals surface area contributed by atoms with Crippen LogP contribution in [0, 0.1) is 0 Å². The van der Waals surface area contributed by atoms with E-state index in [1.165, 1.54) is 24.3 Å². The van der Waals surface area contributed by atoms with Crippen molar-refractivity contribution in [2.45, 2.75) is 5.75 Å². The Morgan fingerprint density at radius 3 is 2.26 bits per heavy atom. The third kappa shape index (κ3) is 5.72. The molecule has 0 spiro atoms. The average molecular weight is 334 g/mol. The van der Waals surface area contributed by atoms with E-state index in [2.05, 4.69) is 10.0 Å². The SMILES string of the molecule is O=C(NCCNS(=O)(=O)Cc1ccccc1)c1ccc(O)cc1. The fourth-order valence-electron chi connectivity index (χ4n) is 1.94. The molecule has 0 atom stereocenters. The number of carbonyl (C=O) groups is 1. The van der Waals surface area contributed by atoms with E-state index in [1.807, 2.05) is 6.07 Å². The predicted octanol–water partition coefficient (Wildman–Crippen LogP) is 1.24. The molecule has 0 aromatic heterocycles. The minimum Gasteiger partial charge on any atom is -0.508 e. The van der Waals surface area contributed by atoms with E-state index in [1.54, 1.807) is 24.3 Å². The average Bonchev–Trinajstić information content (AvgIpc) is 2.52. The highest BCUT2D eigenvalue weighted by molar-refractivity contribution is 7.88. The van der Waals surface area contributed by atoms with Gasteiger partial charge in [0.1, 0.15) is 5.75 Å². The zero-order valence-electron chi connectivity index (χ0n) is 12.4. The molecule has 3 N–H and O–H groups in total. The summed E-state index contributed by atoms with van der Waals surface area (Å²) in [7, 11) is -3.44. The fourth-order valence-corrected chi connectivity index (χ4v) is 3.09. The molecule has 2 rings (SSSR count). The van der Waals surface area contributed by atoms with Crippen LogP contribution in [0.25, 0.3) is 0 Å². The van der Waals surface area contributed by atoms with Gasteiger partial charge in [0.2, 0.25) is 10.0 Å². The van der Waals surface area contributed by atoms with E-state index in [0.717, 1.165) is 0 Å². The van der Waals surface area contributed by atoms with Crippen LogP contribution >= 0.6 is 0 Å². The van der Waals surface area contributed by atoms with Gasteiger partial charge < -0.3 is 10.4 Å². The minimum absolute atomic E-state index is 0.0789. The number of carbonyl (C=O) groups excluding carboxylic acids is 1. The molecule has 0 heterocycles. The van der Waals surface area contributed by atoms with Gasteiger partial charge in [0.15, 0.2) is 0 Å². The lowest BCUT2D eigenvalue weighted by molar-refractivity contribution is 0.0954. The molecule has 0 aliphatic rings. The Labute approximate surface area is 135 Å². The molecule has 23 heavy (non-hydrogen) atoms. The molecule has 2 aromatic carbocycles. The topological polar surface area (TPSA) is 95.5 Å². The molecule has 2 aromatic rings. The van der Waals surface area contributed by atoms with E-state index in [4.69, 9.17) is 5.11 Å². The molecule has 0 saturated heterocycles. The van der Waals surface area contributed by atoms with Crippen LogP contribution in [0.1, 0.15) is 15.9 Å². The quantitative estimate of drug-likeness (QED) is 0.664. The third-order valence-corrected chi connectivity index (χ3v) is 4.42. The summed E-state index contributed by atoms with van der Waals surface area (Å²) in [5.74, 6) is -0.345. The molecule has 6 nitrogen and oxygen atoms in total. The summed E-state index contributed by atoms with van der Waals surface area (Å²) in [6, 6.07) is 14.7. The summed E-state index contributed by atoms with van der Waals surface area (Å²) in [5.41, 5.74) is 1.10. The van der Waals surface area contributed by atoms with Gasteiger partial charge in [0, 0.05) is 18.7 Å². The third-order valence-electron chi connectivity index (χ3n) is 3.06. The van der Waals surface area contributed by atoms with Crippen LogP contribution < -0.4 is 10.0 Å². The van der Waals surface area contributed by atoms with E-state index in [9.17, 15) is 13.2 Å². The van der Waals surface area contributed by atoms with E-state index >= 15 is 0 Å². The maximum Gasteiger partial charge on any atom is 0.251 e. The Morgan fingerprint density at radius 2 is 1.61 bits per heavy atom. The molecule has 0 aliphatic carbocycles. The Kier molecular flexibility index (Phi) is 5.72. The first-order valence-electron chi connectivity index (χ1n) is 7.05. The maximum absolute atomic E-state index is 11.9. The second-order valence-electron chi connectivity index (χ2n) is 4.94. The number of sulfonamides is 1. The van der Waals surface area contributed by atoms with Gasteiger partial charge in [-0.15, -0.1) is 0 Å². The lowest BCUT2D eigenvalue weighted by Gasteiger charge is -2.08. The Morgan fingerprint density at radius 1 is 0.957 bits per heavy atom. The number of rotatable bonds is 7. The second kappa shape index (κ2) is 7.75. The first kappa shape index (κ1) is 17.0. The summed E-state index contributed by atoms with van der Waals surface area (Å²) in [6.45, 7) is 0.284. The van der Waals surface area contributed by atoms with E-state index in [0.29, 0.717) is 11.1 Å². The molecule has 0 unspecified atom stereocenters. The number of phenols is 1. The molecule has 0 bridgehead atoms. The van der Waals surface area contributed by atoms with Crippen molar-refractivity contribution in [3.63, 3.8) is 0 Å². The van der Waals surface area contributed by atoms with Crippen molar-refractivity contribution in [2.75, 3.05) is 13.1 Å². The van der Waals surface area contributed by atoms with Crippen molar-refractivity contribution < 1.29 is 18.3 Å². The van der Waals surface area contributed by atoms with Crippen molar-refractivity contribution in [1.29, 1.82) is 0 Å². The van der Waals surface area contributed by atoms with E-state index < -0.39 is 10.0 Å². The smallest absolute Gasteiger partial charge is 0.251 e. The lowest BCUT2D eigenvalue weighted by atomic mass is 10.2. The zero-order valence-corrected chi connectivity index (χ0v) is 13.2. The number of nitrogens with one attached hydrogen (secondary N) is 2. The van der Waals surface area contributed by atoms with Gasteiger partial charge in [-0.3, -0.25) is 4.79 Å². The van der Waals surface area contributed by atoms with Crippen molar-refractivity contribution in [3.05, 3.63) is 65.7 Å². The van der Waals surface area contributed by atoms with Crippen LogP contribution in [0.5, 0.6) is 5.75 Å². The monoisotopic (exact) mass is 334 g/mol. The lowest BCUT2D eigenvalue weighted by Crippen LogP contribution is -2.35. The molecule has 1 amide bonds. The number of hydrogen-bond donors (Lipinski definition) is 3. The standard InChI is InChI=1S/C16H18N2O4S/c19-15-8-6-14(7-9-15)16(20)17-10-11-18-23(21,22)12-13-4-2-1-3-5-13/h1-9,18-19H,10-12H2,(H,17,20). The maximum atomic E-state index is 11.9. The number of amides is 1. The van der Waals surface area contributed by atoms with Crippen LogP contribution in [-0.2, 0) is 15.8 Å². The molecular formula is C16H18N2O4S. The van der Waals surface area contributed by atoms with Crippen LogP contribution in [0.4, 0.5) is 0 Å². The van der Waals surface area contributed by atoms with Gasteiger partial charge in [-0.1, -0.05) is 30.3 Å². The fraction of sp³-hybridized carbons (Fsp3) is 0.188. The number of hydrogen-bond acceptors (Lipinski definition) is 4. The molecule has 122 valence electrons. The van der Waals surface area contributed by atoms with Gasteiger partial charge in [-0.2, -0.15) is 0 Å². The van der Waals surface area contributed by atoms with E-state index in [-0.39, 0.29) is 30.5 Å².